The van der Waals surface area contributed by atoms with Gasteiger partial charge in [-0.25, -0.2) is 0 Å². The van der Waals surface area contributed by atoms with E-state index in [1.165, 1.54) is 0 Å². The zero-order valence-corrected chi connectivity index (χ0v) is 26.5. The highest BCUT2D eigenvalue weighted by Gasteiger charge is 2.40. The van der Waals surface area contributed by atoms with Crippen molar-refractivity contribution < 1.29 is 24.1 Å². The normalized spacial score (nSPS) is 23.3. The Hall–Kier alpha value is -3.92. The van der Waals surface area contributed by atoms with E-state index in [1.54, 1.807) is 31.6 Å². The van der Waals surface area contributed by atoms with Crippen molar-refractivity contribution in [1.82, 2.24) is 15.2 Å². The van der Waals surface area contributed by atoms with Crippen LogP contribution in [0.3, 0.4) is 0 Å². The van der Waals surface area contributed by atoms with Gasteiger partial charge < -0.3 is 24.6 Å². The third-order valence-corrected chi connectivity index (χ3v) is 9.27. The van der Waals surface area contributed by atoms with Gasteiger partial charge in [-0.2, -0.15) is 0 Å². The molecular formula is C38H43N3O5. The van der Waals surface area contributed by atoms with Gasteiger partial charge in [0, 0.05) is 50.1 Å². The van der Waals surface area contributed by atoms with Crippen molar-refractivity contribution in [3.8, 4) is 11.1 Å². The number of methoxy groups -OCH3 is 1. The van der Waals surface area contributed by atoms with Crippen LogP contribution in [0.15, 0.2) is 97.3 Å². The SMILES string of the molecule is COC[C@@H]1CCCN1C[C@@H]1O[C@H](c2ccc(-c3ccccc3CNC(=O)c3cccnc3)cc2)O[C@H](c2ccc(CO)cc2)[C@@H]1C. The molecular weight excluding hydrogens is 578 g/mol. The molecule has 0 unspecified atom stereocenters. The monoisotopic (exact) mass is 621 g/mol. The van der Waals surface area contributed by atoms with E-state index in [9.17, 15) is 9.90 Å². The maximum Gasteiger partial charge on any atom is 0.253 e. The lowest BCUT2D eigenvalue weighted by Gasteiger charge is -2.43. The van der Waals surface area contributed by atoms with Crippen LogP contribution >= 0.6 is 0 Å². The number of aliphatic hydroxyl groups is 1. The van der Waals surface area contributed by atoms with Crippen LogP contribution in [0.2, 0.25) is 0 Å². The zero-order valence-electron chi connectivity index (χ0n) is 26.5. The molecule has 0 saturated carbocycles. The maximum atomic E-state index is 12.7. The van der Waals surface area contributed by atoms with Crippen molar-refractivity contribution in [2.24, 2.45) is 5.92 Å². The van der Waals surface area contributed by atoms with E-state index in [0.717, 1.165) is 65.9 Å². The summed E-state index contributed by atoms with van der Waals surface area (Å²) in [6, 6.07) is 28.4. The fourth-order valence-electron chi connectivity index (χ4n) is 6.63. The van der Waals surface area contributed by atoms with Crippen molar-refractivity contribution in [1.29, 1.82) is 0 Å². The topological polar surface area (TPSA) is 93.2 Å². The van der Waals surface area contributed by atoms with Gasteiger partial charge in [-0.15, -0.1) is 0 Å². The van der Waals surface area contributed by atoms with E-state index in [2.05, 4.69) is 64.6 Å². The molecule has 0 spiro atoms. The summed E-state index contributed by atoms with van der Waals surface area (Å²) in [5.41, 5.74) is 6.57. The van der Waals surface area contributed by atoms with Crippen LogP contribution in [-0.4, -0.2) is 59.8 Å². The number of nitrogens with zero attached hydrogens (tertiary/aromatic N) is 2. The molecule has 2 fully saturated rings. The third kappa shape index (κ3) is 7.38. The van der Waals surface area contributed by atoms with E-state index in [1.807, 2.05) is 30.3 Å². The molecule has 8 nitrogen and oxygen atoms in total. The molecule has 240 valence electrons. The minimum absolute atomic E-state index is 0.0118. The number of rotatable bonds is 11. The van der Waals surface area contributed by atoms with E-state index >= 15 is 0 Å². The smallest absolute Gasteiger partial charge is 0.253 e. The Labute approximate surface area is 271 Å². The molecule has 1 amide bonds. The fraction of sp³-hybridized carbons (Fsp3) is 0.368. The van der Waals surface area contributed by atoms with Crippen LogP contribution in [0.4, 0.5) is 0 Å². The Morgan fingerprint density at radius 2 is 1.78 bits per heavy atom. The van der Waals surface area contributed by atoms with Gasteiger partial charge in [-0.05, 0) is 59.3 Å². The van der Waals surface area contributed by atoms with E-state index < -0.39 is 6.29 Å². The first-order chi connectivity index (χ1) is 22.5. The third-order valence-electron chi connectivity index (χ3n) is 9.27. The van der Waals surface area contributed by atoms with Gasteiger partial charge in [0.1, 0.15) is 0 Å². The van der Waals surface area contributed by atoms with E-state index in [0.29, 0.717) is 18.2 Å². The summed E-state index contributed by atoms with van der Waals surface area (Å²) >= 11 is 0. The van der Waals surface area contributed by atoms with Gasteiger partial charge in [-0.1, -0.05) is 79.7 Å². The van der Waals surface area contributed by atoms with Crippen LogP contribution in [0.5, 0.6) is 0 Å². The number of amides is 1. The summed E-state index contributed by atoms with van der Waals surface area (Å²) in [5, 5.41) is 12.6. The minimum Gasteiger partial charge on any atom is -0.392 e. The lowest BCUT2D eigenvalue weighted by Crippen LogP contribution is -2.46. The molecule has 6 rings (SSSR count). The number of hydrogen-bond donors (Lipinski definition) is 2. The lowest BCUT2D eigenvalue weighted by molar-refractivity contribution is -0.276. The second-order valence-corrected chi connectivity index (χ2v) is 12.3. The van der Waals surface area contributed by atoms with E-state index in [-0.39, 0.29) is 30.6 Å². The first-order valence-electron chi connectivity index (χ1n) is 16.1. The maximum absolute atomic E-state index is 12.7. The second-order valence-electron chi connectivity index (χ2n) is 12.3. The Bertz CT molecular complexity index is 1560. The number of carbonyl (C=O) groups excluding carboxylic acids is 1. The molecule has 3 aromatic carbocycles. The second kappa shape index (κ2) is 15.1. The summed E-state index contributed by atoms with van der Waals surface area (Å²) in [5.74, 6) is -0.0373. The van der Waals surface area contributed by atoms with Gasteiger partial charge in [0.05, 0.1) is 31.0 Å². The first kappa shape index (κ1) is 32.0. The standard InChI is InChI=1S/C38H43N3O5/c1-26-35(23-41-20-6-9-33(41)25-44-2)45-38(46-36(26)29-13-11-27(24-42)12-14-29)30-17-15-28(16-18-30)34-10-4-3-7-31(34)22-40-37(43)32-8-5-19-39-21-32/h3-5,7-8,10-19,21,26,33,35-36,38,42H,6,9,20,22-25H2,1-2H3,(H,40,43)/t26-,33+,35+,36+,38+/m1/s1. The Kier molecular flexibility index (Phi) is 10.5. The molecule has 2 saturated heterocycles. The van der Waals surface area contributed by atoms with Crippen molar-refractivity contribution in [2.45, 2.75) is 57.5 Å². The van der Waals surface area contributed by atoms with Crippen molar-refractivity contribution in [3.63, 3.8) is 0 Å². The summed E-state index contributed by atoms with van der Waals surface area (Å²) in [6.07, 6.45) is 4.79. The summed E-state index contributed by atoms with van der Waals surface area (Å²) in [4.78, 5) is 19.2. The number of ether oxygens (including phenoxy) is 3. The van der Waals surface area contributed by atoms with Crippen LogP contribution in [0.25, 0.3) is 11.1 Å². The molecule has 2 aliphatic rings. The number of likely N-dealkylation sites (tertiary alicyclic amines) is 1. The van der Waals surface area contributed by atoms with Crippen molar-refractivity contribution in [2.75, 3.05) is 26.8 Å². The molecule has 0 aliphatic carbocycles. The molecule has 2 N–H and O–H groups in total. The zero-order chi connectivity index (χ0) is 31.9. The molecule has 1 aromatic heterocycles. The van der Waals surface area contributed by atoms with Crippen LogP contribution in [0.1, 0.15) is 64.8 Å². The van der Waals surface area contributed by atoms with Gasteiger partial charge in [0.2, 0.25) is 0 Å². The molecule has 46 heavy (non-hydrogen) atoms. The highest BCUT2D eigenvalue weighted by Crippen LogP contribution is 2.42. The highest BCUT2D eigenvalue weighted by atomic mass is 16.7. The predicted molar refractivity (Wildman–Crippen MR) is 177 cm³/mol. The number of aromatic nitrogens is 1. The minimum atomic E-state index is -0.532. The molecule has 2 aliphatic heterocycles. The Balaban J connectivity index is 1.21. The van der Waals surface area contributed by atoms with Gasteiger partial charge in [-0.3, -0.25) is 14.7 Å². The number of hydrogen-bond acceptors (Lipinski definition) is 7. The number of aliphatic hydroxyl groups excluding tert-OH is 1. The highest BCUT2D eigenvalue weighted by molar-refractivity contribution is 5.93. The molecule has 8 heteroatoms. The molecule has 3 heterocycles. The summed E-state index contributed by atoms with van der Waals surface area (Å²) in [7, 11) is 1.77. The van der Waals surface area contributed by atoms with Crippen molar-refractivity contribution >= 4 is 5.91 Å². The fourth-order valence-corrected chi connectivity index (χ4v) is 6.63. The number of carbonyl (C=O) groups is 1. The molecule has 4 aromatic rings. The Morgan fingerprint density at radius 1 is 1.00 bits per heavy atom. The predicted octanol–water partition coefficient (Wildman–Crippen LogP) is 6.07. The number of pyridine rings is 1. The largest absolute Gasteiger partial charge is 0.392 e. The van der Waals surface area contributed by atoms with Crippen LogP contribution < -0.4 is 5.32 Å². The number of nitrogens with one attached hydrogen (secondary N) is 1. The lowest BCUT2D eigenvalue weighted by atomic mass is 9.89. The Morgan fingerprint density at radius 3 is 2.52 bits per heavy atom. The molecule has 0 bridgehead atoms. The summed E-state index contributed by atoms with van der Waals surface area (Å²) in [6.45, 7) is 5.20. The molecule has 5 atom stereocenters. The van der Waals surface area contributed by atoms with Crippen LogP contribution in [-0.2, 0) is 27.4 Å². The quantitative estimate of drug-likeness (QED) is 0.210. The molecule has 0 radical (unpaired) electrons. The number of benzene rings is 3. The van der Waals surface area contributed by atoms with Gasteiger partial charge >= 0.3 is 0 Å². The van der Waals surface area contributed by atoms with Gasteiger partial charge in [0.25, 0.3) is 5.91 Å². The van der Waals surface area contributed by atoms with E-state index in [4.69, 9.17) is 14.2 Å². The average Bonchev–Trinajstić information content (AvgIpc) is 3.55. The summed E-state index contributed by atoms with van der Waals surface area (Å²) < 4.78 is 19.0. The van der Waals surface area contributed by atoms with Crippen LogP contribution in [0, 0.1) is 5.92 Å². The average molecular weight is 622 g/mol. The van der Waals surface area contributed by atoms with Crippen molar-refractivity contribution in [3.05, 3.63) is 125 Å². The van der Waals surface area contributed by atoms with Gasteiger partial charge in [0.15, 0.2) is 6.29 Å². The first-order valence-corrected chi connectivity index (χ1v) is 16.1.